The van der Waals surface area contributed by atoms with Crippen molar-refractivity contribution in [1.82, 2.24) is 0 Å². The highest BCUT2D eigenvalue weighted by Crippen LogP contribution is 2.40. The number of rotatable bonds is 4. The Hall–Kier alpha value is -1.96. The first-order chi connectivity index (χ1) is 12.4. The van der Waals surface area contributed by atoms with Gasteiger partial charge in [0.15, 0.2) is 5.56 Å². The van der Waals surface area contributed by atoms with Crippen LogP contribution in [0.5, 0.6) is 0 Å². The van der Waals surface area contributed by atoms with Crippen LogP contribution in [0.3, 0.4) is 0 Å². The molecule has 0 atom stereocenters. The van der Waals surface area contributed by atoms with E-state index in [-0.39, 0.29) is 12.1 Å². The van der Waals surface area contributed by atoms with Gasteiger partial charge in [-0.05, 0) is 38.2 Å². The number of hydrogen-bond acceptors (Lipinski definition) is 4. The Kier molecular flexibility index (Phi) is 5.32. The molecule has 4 nitrogen and oxygen atoms in total. The summed E-state index contributed by atoms with van der Waals surface area (Å²) in [6.07, 6.45) is -0.879. The Balaban J connectivity index is 2.38. The molecule has 2 aromatic rings. The largest absolute Gasteiger partial charge is 0.462 e. The highest BCUT2D eigenvalue weighted by Gasteiger charge is 2.39. The molecule has 2 heterocycles. The zero-order chi connectivity index (χ0) is 18.9. The van der Waals surface area contributed by atoms with Gasteiger partial charge in [0, 0.05) is 13.1 Å². The van der Waals surface area contributed by atoms with Gasteiger partial charge >= 0.3 is 12.1 Å². The molecule has 1 aliphatic heterocycles. The number of carbonyl (C=O) groups is 1. The molecule has 1 aromatic heterocycles. The lowest BCUT2D eigenvalue weighted by molar-refractivity contribution is -0.397. The lowest BCUT2D eigenvalue weighted by Gasteiger charge is -2.22. The summed E-state index contributed by atoms with van der Waals surface area (Å²) in [5.41, 5.74) is 0.110. The summed E-state index contributed by atoms with van der Waals surface area (Å²) >= 11 is 1.21. The molecule has 26 heavy (non-hydrogen) atoms. The van der Waals surface area contributed by atoms with Crippen molar-refractivity contribution in [3.8, 4) is 0 Å². The molecule has 0 aliphatic carbocycles. The minimum atomic E-state index is -4.49. The minimum absolute atomic E-state index is 0.000650. The number of aromatic nitrogens is 1. The fourth-order valence-electron chi connectivity index (χ4n) is 3.35. The number of halogens is 3. The Morgan fingerprint density at radius 1 is 1.31 bits per heavy atom. The third-order valence-electron chi connectivity index (χ3n) is 4.43. The van der Waals surface area contributed by atoms with E-state index in [9.17, 15) is 18.0 Å². The number of para-hydroxylation sites is 1. The molecule has 0 unspecified atom stereocenters. The number of anilines is 1. The second-order valence-corrected chi connectivity index (χ2v) is 6.84. The molecule has 0 saturated carbocycles. The molecular formula is C18H20F3N2O2S+. The number of benzene rings is 1. The standard InChI is InChI=1S/C18H19F3N2O2S/c1-3-25-17(24)13-15(23-9-4-5-10-23)11-7-6-8-12(18(19,20)21)14(11)22-16(13)26-2/h6-8H,3-5,9-10H2,1-2H3/p+1. The Morgan fingerprint density at radius 3 is 2.58 bits per heavy atom. The van der Waals surface area contributed by atoms with Gasteiger partial charge in [0.25, 0.3) is 5.03 Å². The van der Waals surface area contributed by atoms with Gasteiger partial charge in [-0.3, -0.25) is 0 Å². The van der Waals surface area contributed by atoms with E-state index in [0.717, 1.165) is 18.9 Å². The van der Waals surface area contributed by atoms with E-state index >= 15 is 0 Å². The number of fused-ring (bicyclic) bond motifs is 1. The van der Waals surface area contributed by atoms with Crippen LogP contribution in [0.4, 0.5) is 18.9 Å². The molecule has 3 rings (SSSR count). The third kappa shape index (κ3) is 3.34. The van der Waals surface area contributed by atoms with Gasteiger partial charge in [0.2, 0.25) is 5.52 Å². The zero-order valence-electron chi connectivity index (χ0n) is 14.6. The lowest BCUT2D eigenvalue weighted by Crippen LogP contribution is -2.27. The SMILES string of the molecule is CCOC(=O)c1c(SC)[nH+]c2c(C(F)(F)F)cccc2c1N1CCCC1. The fraction of sp³-hybridized carbons (Fsp3) is 0.444. The number of carbonyl (C=O) groups excluding carboxylic acids is 1. The predicted octanol–water partition coefficient (Wildman–Crippen LogP) is 4.17. The number of esters is 1. The fourth-order valence-corrected chi connectivity index (χ4v) is 3.94. The number of thioether (sulfide) groups is 1. The average molecular weight is 385 g/mol. The van der Waals surface area contributed by atoms with Crippen LogP contribution in [0, 0.1) is 0 Å². The lowest BCUT2D eigenvalue weighted by atomic mass is 10.0. The van der Waals surface area contributed by atoms with E-state index in [2.05, 4.69) is 4.98 Å². The van der Waals surface area contributed by atoms with Crippen molar-refractivity contribution in [3.05, 3.63) is 29.3 Å². The summed E-state index contributed by atoms with van der Waals surface area (Å²) in [6.45, 7) is 3.32. The van der Waals surface area contributed by atoms with Crippen molar-refractivity contribution in [2.75, 3.05) is 30.9 Å². The van der Waals surface area contributed by atoms with Crippen LogP contribution >= 0.6 is 11.8 Å². The van der Waals surface area contributed by atoms with Gasteiger partial charge < -0.3 is 9.64 Å². The van der Waals surface area contributed by atoms with Gasteiger partial charge in [-0.2, -0.15) is 18.2 Å². The van der Waals surface area contributed by atoms with Gasteiger partial charge in [0.1, 0.15) is 5.56 Å². The Morgan fingerprint density at radius 2 is 2.00 bits per heavy atom. The number of H-pyrrole nitrogens is 1. The summed E-state index contributed by atoms with van der Waals surface area (Å²) in [5, 5.41) is 0.775. The highest BCUT2D eigenvalue weighted by atomic mass is 32.2. The summed E-state index contributed by atoms with van der Waals surface area (Å²) in [7, 11) is 0. The minimum Gasteiger partial charge on any atom is -0.462 e. The highest BCUT2D eigenvalue weighted by molar-refractivity contribution is 7.98. The number of ether oxygens (including phenoxy) is 1. The molecular weight excluding hydrogens is 365 g/mol. The summed E-state index contributed by atoms with van der Waals surface area (Å²) in [6, 6.07) is 4.06. The first kappa shape index (κ1) is 18.8. The van der Waals surface area contributed by atoms with Crippen LogP contribution in [-0.4, -0.2) is 31.9 Å². The molecule has 1 fully saturated rings. The molecule has 1 aromatic carbocycles. The molecule has 0 bridgehead atoms. The number of hydrogen-bond donors (Lipinski definition) is 0. The molecule has 140 valence electrons. The summed E-state index contributed by atoms with van der Waals surface area (Å²) < 4.78 is 45.7. The van der Waals surface area contributed by atoms with E-state index < -0.39 is 17.7 Å². The van der Waals surface area contributed by atoms with Crippen molar-refractivity contribution < 1.29 is 27.7 Å². The van der Waals surface area contributed by atoms with Gasteiger partial charge in [-0.15, -0.1) is 0 Å². The molecule has 0 spiro atoms. The van der Waals surface area contributed by atoms with Crippen LogP contribution in [0.15, 0.2) is 23.2 Å². The maximum Gasteiger partial charge on any atom is 0.422 e. The molecule has 1 N–H and O–H groups in total. The van der Waals surface area contributed by atoms with Crippen LogP contribution in [-0.2, 0) is 10.9 Å². The number of nitrogens with zero attached hydrogens (tertiary/aromatic N) is 1. The first-order valence-corrected chi connectivity index (χ1v) is 9.66. The van der Waals surface area contributed by atoms with Gasteiger partial charge in [-0.1, -0.05) is 17.8 Å². The topological polar surface area (TPSA) is 43.7 Å². The quantitative estimate of drug-likeness (QED) is 0.585. The smallest absolute Gasteiger partial charge is 0.422 e. The molecule has 0 amide bonds. The number of nitrogens with one attached hydrogen (secondary N) is 1. The van der Waals surface area contributed by atoms with Crippen LogP contribution in [0.2, 0.25) is 0 Å². The maximum absolute atomic E-state index is 13.5. The van der Waals surface area contributed by atoms with Crippen LogP contribution < -0.4 is 9.88 Å². The second-order valence-electron chi connectivity index (χ2n) is 6.02. The summed E-state index contributed by atoms with van der Waals surface area (Å²) in [5.74, 6) is -0.519. The van der Waals surface area contributed by atoms with Crippen molar-refractivity contribution in [3.63, 3.8) is 0 Å². The first-order valence-electron chi connectivity index (χ1n) is 8.43. The van der Waals surface area contributed by atoms with Gasteiger partial charge in [0.05, 0.1) is 17.7 Å². The van der Waals surface area contributed by atoms with Crippen molar-refractivity contribution in [2.24, 2.45) is 0 Å². The van der Waals surface area contributed by atoms with Crippen molar-refractivity contribution in [2.45, 2.75) is 31.0 Å². The van der Waals surface area contributed by atoms with Crippen LogP contribution in [0.25, 0.3) is 10.9 Å². The number of alkyl halides is 3. The van der Waals surface area contributed by atoms with Crippen LogP contribution in [0.1, 0.15) is 35.7 Å². The second kappa shape index (κ2) is 7.34. The molecule has 8 heteroatoms. The Labute approximate surface area is 153 Å². The molecule has 0 radical (unpaired) electrons. The van der Waals surface area contributed by atoms with E-state index in [0.29, 0.717) is 34.8 Å². The summed E-state index contributed by atoms with van der Waals surface area (Å²) in [4.78, 5) is 17.5. The van der Waals surface area contributed by atoms with E-state index in [4.69, 9.17) is 4.74 Å². The third-order valence-corrected chi connectivity index (χ3v) is 5.15. The number of pyridine rings is 1. The maximum atomic E-state index is 13.5. The number of aromatic amines is 1. The van der Waals surface area contributed by atoms with Gasteiger partial charge in [-0.25, -0.2) is 4.79 Å². The average Bonchev–Trinajstić information content (AvgIpc) is 3.12. The monoisotopic (exact) mass is 385 g/mol. The molecule has 1 aliphatic rings. The zero-order valence-corrected chi connectivity index (χ0v) is 15.4. The molecule has 1 saturated heterocycles. The van der Waals surface area contributed by atoms with Crippen molar-refractivity contribution >= 4 is 34.3 Å². The van der Waals surface area contributed by atoms with Crippen molar-refractivity contribution in [1.29, 1.82) is 0 Å². The Bertz CT molecular complexity index is 833. The predicted molar refractivity (Wildman–Crippen MR) is 94.7 cm³/mol. The van der Waals surface area contributed by atoms with E-state index in [1.807, 2.05) is 4.90 Å². The van der Waals surface area contributed by atoms with E-state index in [1.54, 1.807) is 19.2 Å². The normalized spacial score (nSPS) is 14.9. The van der Waals surface area contributed by atoms with E-state index in [1.165, 1.54) is 17.8 Å².